The van der Waals surface area contributed by atoms with Crippen LogP contribution in [-0.2, 0) is 4.79 Å². The van der Waals surface area contributed by atoms with Gasteiger partial charge in [-0.2, -0.15) is 0 Å². The van der Waals surface area contributed by atoms with E-state index in [-0.39, 0.29) is 17.9 Å². The number of carbonyl (C=O) groups is 1. The van der Waals surface area contributed by atoms with E-state index in [1.807, 2.05) is 0 Å². The summed E-state index contributed by atoms with van der Waals surface area (Å²) in [6, 6.07) is 0.632. The van der Waals surface area contributed by atoms with Gasteiger partial charge >= 0.3 is 0 Å². The van der Waals surface area contributed by atoms with Gasteiger partial charge in [-0.15, -0.1) is 0 Å². The standard InChI is InChI=1S/C20H27N3O/c21-12-16-11-18(9-10-19(16)22)23(17-7-8-17)20(24)15-5-3-14(4-6-15)13-1-2-13/h3-5,12-13,15,17-18,22H,1-2,6-11,21H2. The molecule has 0 aromatic carbocycles. The summed E-state index contributed by atoms with van der Waals surface area (Å²) in [6.07, 6.45) is 16.3. The average Bonchev–Trinajstić information content (AvgIpc) is 3.49. The fraction of sp³-hybridized carbons (Fsp3) is 0.600. The molecule has 0 aliphatic heterocycles. The number of carbonyl (C=O) groups excluding carboxylic acids is 1. The third-order valence-electron chi connectivity index (χ3n) is 5.85. The van der Waals surface area contributed by atoms with Crippen molar-refractivity contribution in [3.8, 4) is 0 Å². The van der Waals surface area contributed by atoms with Crippen LogP contribution in [0.3, 0.4) is 0 Å². The lowest BCUT2D eigenvalue weighted by molar-refractivity contribution is -0.137. The van der Waals surface area contributed by atoms with Gasteiger partial charge in [0.1, 0.15) is 0 Å². The molecule has 2 unspecified atom stereocenters. The highest BCUT2D eigenvalue weighted by atomic mass is 16.2. The Labute approximate surface area is 144 Å². The van der Waals surface area contributed by atoms with Crippen LogP contribution in [0.15, 0.2) is 35.6 Å². The Hall–Kier alpha value is -1.84. The van der Waals surface area contributed by atoms with Crippen LogP contribution in [0.1, 0.15) is 51.4 Å². The van der Waals surface area contributed by atoms with E-state index >= 15 is 0 Å². The van der Waals surface area contributed by atoms with Gasteiger partial charge in [-0.05, 0) is 74.6 Å². The van der Waals surface area contributed by atoms with Crippen LogP contribution in [0.5, 0.6) is 0 Å². The van der Waals surface area contributed by atoms with E-state index < -0.39 is 0 Å². The number of rotatable bonds is 4. The summed E-state index contributed by atoms with van der Waals surface area (Å²) < 4.78 is 0. The maximum atomic E-state index is 13.2. The Morgan fingerprint density at radius 3 is 2.58 bits per heavy atom. The van der Waals surface area contributed by atoms with Crippen molar-refractivity contribution >= 4 is 11.6 Å². The van der Waals surface area contributed by atoms with E-state index in [0.29, 0.717) is 11.8 Å². The van der Waals surface area contributed by atoms with Gasteiger partial charge in [-0.3, -0.25) is 4.79 Å². The van der Waals surface area contributed by atoms with Crippen molar-refractivity contribution in [3.05, 3.63) is 35.6 Å². The van der Waals surface area contributed by atoms with E-state index in [1.165, 1.54) is 18.4 Å². The zero-order valence-corrected chi connectivity index (χ0v) is 14.2. The van der Waals surface area contributed by atoms with Gasteiger partial charge in [0, 0.05) is 17.8 Å². The first-order valence-corrected chi connectivity index (χ1v) is 9.36. The second-order valence-electron chi connectivity index (χ2n) is 7.72. The Kier molecular flexibility index (Phi) is 4.07. The summed E-state index contributed by atoms with van der Waals surface area (Å²) in [5.74, 6) is 1.05. The molecule has 4 rings (SSSR count). The van der Waals surface area contributed by atoms with E-state index in [1.54, 1.807) is 6.20 Å². The Bertz CT molecular complexity index is 637. The number of nitrogens with one attached hydrogen (secondary N) is 1. The number of hydrogen-bond acceptors (Lipinski definition) is 3. The van der Waals surface area contributed by atoms with E-state index in [9.17, 15) is 4.79 Å². The van der Waals surface area contributed by atoms with Gasteiger partial charge in [-0.25, -0.2) is 0 Å². The second-order valence-corrected chi connectivity index (χ2v) is 7.72. The number of nitrogens with two attached hydrogens (primary N) is 1. The molecule has 0 aromatic rings. The summed E-state index contributed by atoms with van der Waals surface area (Å²) in [7, 11) is 0. The summed E-state index contributed by atoms with van der Waals surface area (Å²) >= 11 is 0. The predicted octanol–water partition coefficient (Wildman–Crippen LogP) is 3.30. The molecule has 0 aromatic heterocycles. The van der Waals surface area contributed by atoms with Crippen molar-refractivity contribution in [2.45, 2.75) is 63.5 Å². The molecular weight excluding hydrogens is 298 g/mol. The van der Waals surface area contributed by atoms with Gasteiger partial charge in [0.15, 0.2) is 0 Å². The van der Waals surface area contributed by atoms with E-state index in [4.69, 9.17) is 11.1 Å². The van der Waals surface area contributed by atoms with Crippen molar-refractivity contribution in [1.82, 2.24) is 4.90 Å². The number of allylic oxidation sites excluding steroid dienone is 3. The van der Waals surface area contributed by atoms with Gasteiger partial charge in [0.05, 0.1) is 5.92 Å². The molecule has 0 heterocycles. The Balaban J connectivity index is 1.46. The normalized spacial score (nSPS) is 31.9. The van der Waals surface area contributed by atoms with Crippen molar-refractivity contribution < 1.29 is 4.79 Å². The highest BCUT2D eigenvalue weighted by molar-refractivity contribution is 5.98. The van der Waals surface area contributed by atoms with Crippen LogP contribution in [0.4, 0.5) is 0 Å². The summed E-state index contributed by atoms with van der Waals surface area (Å²) in [5, 5.41) is 8.00. The van der Waals surface area contributed by atoms with Gasteiger partial charge in [-0.1, -0.05) is 18.2 Å². The molecule has 4 aliphatic carbocycles. The van der Waals surface area contributed by atoms with Gasteiger partial charge in [0.2, 0.25) is 5.91 Å². The zero-order chi connectivity index (χ0) is 16.7. The highest BCUT2D eigenvalue weighted by Crippen LogP contribution is 2.40. The SMILES string of the molecule is N=C1CCC(N(C(=O)C2C=CC(C3CC3)=CC2)C2CC2)CC1=CN. The number of nitrogens with zero attached hydrogens (tertiary/aromatic N) is 1. The molecule has 24 heavy (non-hydrogen) atoms. The molecular formula is C20H27N3O. The minimum Gasteiger partial charge on any atom is -0.404 e. The number of hydrogen-bond donors (Lipinski definition) is 2. The zero-order valence-electron chi connectivity index (χ0n) is 14.2. The monoisotopic (exact) mass is 325 g/mol. The van der Waals surface area contributed by atoms with Crippen LogP contribution in [-0.4, -0.2) is 28.6 Å². The molecule has 3 saturated carbocycles. The summed E-state index contributed by atoms with van der Waals surface area (Å²) in [4.78, 5) is 15.3. The fourth-order valence-electron chi connectivity index (χ4n) is 4.10. The summed E-state index contributed by atoms with van der Waals surface area (Å²) in [6.45, 7) is 0. The lowest BCUT2D eigenvalue weighted by Crippen LogP contribution is -2.47. The molecule has 4 aliphatic rings. The van der Waals surface area contributed by atoms with Crippen molar-refractivity contribution in [2.24, 2.45) is 17.6 Å². The van der Waals surface area contributed by atoms with Crippen molar-refractivity contribution in [2.75, 3.05) is 0 Å². The molecule has 3 N–H and O–H groups in total. The van der Waals surface area contributed by atoms with E-state index in [2.05, 4.69) is 23.1 Å². The van der Waals surface area contributed by atoms with Crippen LogP contribution < -0.4 is 5.73 Å². The quantitative estimate of drug-likeness (QED) is 0.832. The van der Waals surface area contributed by atoms with Crippen LogP contribution >= 0.6 is 0 Å². The maximum absolute atomic E-state index is 13.2. The second kappa shape index (κ2) is 6.23. The molecule has 0 spiro atoms. The highest BCUT2D eigenvalue weighted by Gasteiger charge is 2.41. The van der Waals surface area contributed by atoms with Crippen LogP contribution in [0.25, 0.3) is 0 Å². The van der Waals surface area contributed by atoms with E-state index in [0.717, 1.165) is 50.0 Å². The van der Waals surface area contributed by atoms with Gasteiger partial charge in [0.25, 0.3) is 0 Å². The third-order valence-corrected chi connectivity index (χ3v) is 5.85. The molecule has 0 bridgehead atoms. The molecule has 4 heteroatoms. The molecule has 4 nitrogen and oxygen atoms in total. The van der Waals surface area contributed by atoms with Gasteiger partial charge < -0.3 is 16.0 Å². The molecule has 2 atom stereocenters. The average molecular weight is 325 g/mol. The largest absolute Gasteiger partial charge is 0.404 e. The first-order valence-electron chi connectivity index (χ1n) is 9.36. The van der Waals surface area contributed by atoms with Crippen molar-refractivity contribution in [3.63, 3.8) is 0 Å². The molecule has 0 radical (unpaired) electrons. The maximum Gasteiger partial charge on any atom is 0.230 e. The minimum absolute atomic E-state index is 0.000200. The topological polar surface area (TPSA) is 70.2 Å². The Morgan fingerprint density at radius 1 is 1.21 bits per heavy atom. The molecule has 0 saturated heterocycles. The predicted molar refractivity (Wildman–Crippen MR) is 95.6 cm³/mol. The first kappa shape index (κ1) is 15.7. The smallest absolute Gasteiger partial charge is 0.230 e. The molecule has 1 amide bonds. The third kappa shape index (κ3) is 3.06. The minimum atomic E-state index is -0.000200. The Morgan fingerprint density at radius 2 is 2.00 bits per heavy atom. The fourth-order valence-corrected chi connectivity index (χ4v) is 4.10. The lowest BCUT2D eigenvalue weighted by atomic mass is 9.86. The van der Waals surface area contributed by atoms with Crippen molar-refractivity contribution in [1.29, 1.82) is 5.41 Å². The first-order chi connectivity index (χ1) is 11.7. The molecule has 128 valence electrons. The molecule has 3 fully saturated rings. The summed E-state index contributed by atoms with van der Waals surface area (Å²) in [5.41, 5.74) is 8.69. The van der Waals surface area contributed by atoms with Crippen LogP contribution in [0, 0.1) is 17.2 Å². The lowest BCUT2D eigenvalue weighted by Gasteiger charge is -2.37. The number of amides is 1. The van der Waals surface area contributed by atoms with Crippen LogP contribution in [0.2, 0.25) is 0 Å².